The molecule has 1 saturated carbocycles. The molecule has 1 fully saturated rings. The number of aliphatic carboxylic acids is 1. The molecule has 0 spiro atoms. The van der Waals surface area contributed by atoms with Crippen molar-refractivity contribution in [3.63, 3.8) is 0 Å². The first-order valence-electron chi connectivity index (χ1n) is 15.7. The molecule has 0 amide bonds. The number of pyridine rings is 1. The van der Waals surface area contributed by atoms with Gasteiger partial charge < -0.3 is 25.6 Å². The molecule has 0 radical (unpaired) electrons. The summed E-state index contributed by atoms with van der Waals surface area (Å²) in [6, 6.07) is 20.3. The van der Waals surface area contributed by atoms with E-state index in [1.165, 1.54) is 17.7 Å². The SMILES string of the molecule is O=C(O)C1(c2cccc(CCCCn3nnc4cc(CNC[C@@H](O)c5ccc(O)c6[nH]c(=O)ccc56)ccc43)c2)CCCCC1. The van der Waals surface area contributed by atoms with Crippen molar-refractivity contribution in [2.45, 2.75) is 76.0 Å². The van der Waals surface area contributed by atoms with E-state index in [9.17, 15) is 24.9 Å². The Morgan fingerprint density at radius 1 is 1.00 bits per heavy atom. The molecule has 6 rings (SSSR count). The number of H-pyrrole nitrogens is 1. The number of carboxylic acid groups (broad SMARTS) is 1. The second kappa shape index (κ2) is 13.2. The highest BCUT2D eigenvalue weighted by Crippen LogP contribution is 2.40. The van der Waals surface area contributed by atoms with E-state index in [2.05, 4.69) is 32.7 Å². The summed E-state index contributed by atoms with van der Waals surface area (Å²) in [5.41, 5.74) is 4.77. The van der Waals surface area contributed by atoms with Crippen LogP contribution in [0.15, 0.2) is 71.5 Å². The van der Waals surface area contributed by atoms with E-state index in [-0.39, 0.29) is 17.9 Å². The number of aliphatic hydroxyl groups excluding tert-OH is 1. The Bertz CT molecular complexity index is 1870. The maximum Gasteiger partial charge on any atom is 0.314 e. The van der Waals surface area contributed by atoms with Crippen molar-refractivity contribution in [3.05, 3.63) is 99.3 Å². The molecule has 0 saturated heterocycles. The monoisotopic (exact) mass is 609 g/mol. The number of phenols is 1. The van der Waals surface area contributed by atoms with Gasteiger partial charge in [-0.05, 0) is 78.6 Å². The summed E-state index contributed by atoms with van der Waals surface area (Å²) in [5, 5.41) is 43.6. The molecule has 10 nitrogen and oxygen atoms in total. The minimum Gasteiger partial charge on any atom is -0.506 e. The molecule has 3 aromatic carbocycles. The van der Waals surface area contributed by atoms with Crippen LogP contribution in [-0.2, 0) is 29.7 Å². The first kappa shape index (κ1) is 30.5. The van der Waals surface area contributed by atoms with Gasteiger partial charge in [-0.1, -0.05) is 60.9 Å². The van der Waals surface area contributed by atoms with E-state index >= 15 is 0 Å². The molecule has 2 aromatic heterocycles. The zero-order valence-electron chi connectivity index (χ0n) is 25.2. The minimum absolute atomic E-state index is 0.0388. The number of aryl methyl sites for hydroxylation is 2. The van der Waals surface area contributed by atoms with E-state index < -0.39 is 17.5 Å². The summed E-state index contributed by atoms with van der Waals surface area (Å²) in [4.78, 5) is 26.6. The number of aromatic nitrogens is 4. The molecule has 234 valence electrons. The molecule has 2 heterocycles. The van der Waals surface area contributed by atoms with Crippen LogP contribution in [0.25, 0.3) is 21.9 Å². The first-order valence-corrected chi connectivity index (χ1v) is 15.7. The summed E-state index contributed by atoms with van der Waals surface area (Å²) in [6.07, 6.45) is 6.40. The third-order valence-corrected chi connectivity index (χ3v) is 9.19. The van der Waals surface area contributed by atoms with E-state index in [1.54, 1.807) is 12.1 Å². The van der Waals surface area contributed by atoms with E-state index in [0.717, 1.165) is 67.2 Å². The first-order chi connectivity index (χ1) is 21.8. The highest BCUT2D eigenvalue weighted by molar-refractivity contribution is 5.87. The van der Waals surface area contributed by atoms with Crippen LogP contribution in [0, 0.1) is 0 Å². The van der Waals surface area contributed by atoms with E-state index in [4.69, 9.17) is 0 Å². The number of aliphatic hydroxyl groups is 1. The lowest BCUT2D eigenvalue weighted by Gasteiger charge is -2.34. The number of benzene rings is 3. The van der Waals surface area contributed by atoms with Gasteiger partial charge in [-0.15, -0.1) is 5.10 Å². The Balaban J connectivity index is 1.02. The van der Waals surface area contributed by atoms with Gasteiger partial charge >= 0.3 is 5.97 Å². The zero-order chi connectivity index (χ0) is 31.4. The number of fused-ring (bicyclic) bond motifs is 2. The second-order valence-corrected chi connectivity index (χ2v) is 12.2. The van der Waals surface area contributed by atoms with Gasteiger partial charge in [0, 0.05) is 31.1 Å². The quantitative estimate of drug-likeness (QED) is 0.122. The molecule has 0 unspecified atom stereocenters. The van der Waals surface area contributed by atoms with Crippen molar-refractivity contribution in [1.29, 1.82) is 0 Å². The van der Waals surface area contributed by atoms with Crippen LogP contribution in [0.3, 0.4) is 0 Å². The number of aromatic hydroxyl groups is 1. The predicted octanol–water partition coefficient (Wildman–Crippen LogP) is 5.11. The Kier molecular flexibility index (Phi) is 8.95. The molecule has 0 bridgehead atoms. The smallest absolute Gasteiger partial charge is 0.314 e. The molecule has 1 aliphatic rings. The lowest BCUT2D eigenvalue weighted by molar-refractivity contribution is -0.145. The Morgan fingerprint density at radius 3 is 2.67 bits per heavy atom. The third-order valence-electron chi connectivity index (χ3n) is 9.19. The fraction of sp³-hybridized carbons (Fsp3) is 0.371. The number of aromatic amines is 1. The topological polar surface area (TPSA) is 153 Å². The summed E-state index contributed by atoms with van der Waals surface area (Å²) in [7, 11) is 0. The van der Waals surface area contributed by atoms with Crippen molar-refractivity contribution < 1.29 is 20.1 Å². The number of carbonyl (C=O) groups is 1. The van der Waals surface area contributed by atoms with E-state index in [1.807, 2.05) is 35.0 Å². The highest BCUT2D eigenvalue weighted by atomic mass is 16.4. The normalized spacial score (nSPS) is 15.4. The molecular weight excluding hydrogens is 570 g/mol. The van der Waals surface area contributed by atoms with Crippen LogP contribution in [-0.4, -0.2) is 47.8 Å². The zero-order valence-corrected chi connectivity index (χ0v) is 25.2. The van der Waals surface area contributed by atoms with Crippen molar-refractivity contribution in [2.24, 2.45) is 0 Å². The molecule has 5 N–H and O–H groups in total. The molecular formula is C35H39N5O5. The Labute approximate surface area is 260 Å². The van der Waals surface area contributed by atoms with Crippen molar-refractivity contribution >= 4 is 27.9 Å². The highest BCUT2D eigenvalue weighted by Gasteiger charge is 2.41. The van der Waals surface area contributed by atoms with Gasteiger partial charge in [-0.3, -0.25) is 9.59 Å². The summed E-state index contributed by atoms with van der Waals surface area (Å²) in [5.74, 6) is -0.737. The second-order valence-electron chi connectivity index (χ2n) is 12.2. The summed E-state index contributed by atoms with van der Waals surface area (Å²) < 4.78 is 1.93. The molecule has 1 aliphatic carbocycles. The number of hydrogen-bond acceptors (Lipinski definition) is 7. The Hall–Kier alpha value is -4.54. The number of phenolic OH excluding ortho intramolecular Hbond substituents is 1. The van der Waals surface area contributed by atoms with Gasteiger partial charge in [0.05, 0.1) is 22.6 Å². The average Bonchev–Trinajstić information content (AvgIpc) is 3.46. The number of hydrogen-bond donors (Lipinski definition) is 5. The molecule has 45 heavy (non-hydrogen) atoms. The van der Waals surface area contributed by atoms with Crippen LogP contribution < -0.4 is 10.9 Å². The third kappa shape index (κ3) is 6.48. The van der Waals surface area contributed by atoms with Crippen molar-refractivity contribution in [2.75, 3.05) is 6.54 Å². The van der Waals surface area contributed by atoms with Gasteiger partial charge in [0.2, 0.25) is 5.56 Å². The van der Waals surface area contributed by atoms with Crippen LogP contribution in [0.1, 0.15) is 73.3 Å². The van der Waals surface area contributed by atoms with Crippen LogP contribution in [0.2, 0.25) is 0 Å². The fourth-order valence-corrected chi connectivity index (χ4v) is 6.70. The van der Waals surface area contributed by atoms with Gasteiger partial charge in [0.1, 0.15) is 11.3 Å². The molecule has 1 atom stereocenters. The van der Waals surface area contributed by atoms with Crippen LogP contribution in [0.4, 0.5) is 0 Å². The lowest BCUT2D eigenvalue weighted by Crippen LogP contribution is -2.37. The standard InChI is InChI=1S/C35H39N5O5/c41-30-14-11-26(27-12-15-32(43)37-33(27)30)31(42)22-36-21-24-10-13-29-28(20-24)38-39-40(29)18-5-2-7-23-8-6-9-25(19-23)35(34(44)45)16-3-1-4-17-35/h6,8-15,19-20,31,36,41-42H,1-5,7,16-18,21-22H2,(H,37,43)(H,44,45)/t31-/m1/s1. The number of rotatable bonds is 12. The Morgan fingerprint density at radius 2 is 1.84 bits per heavy atom. The number of unbranched alkanes of at least 4 members (excludes halogenated alkanes) is 1. The fourth-order valence-electron chi connectivity index (χ4n) is 6.70. The van der Waals surface area contributed by atoms with Crippen LogP contribution in [0.5, 0.6) is 5.75 Å². The number of nitrogens with zero attached hydrogens (tertiary/aromatic N) is 3. The maximum atomic E-state index is 12.3. The molecule has 0 aliphatic heterocycles. The molecule has 5 aromatic rings. The van der Waals surface area contributed by atoms with Crippen molar-refractivity contribution in [1.82, 2.24) is 25.3 Å². The van der Waals surface area contributed by atoms with Gasteiger partial charge in [0.25, 0.3) is 0 Å². The average molecular weight is 610 g/mol. The summed E-state index contributed by atoms with van der Waals surface area (Å²) in [6.45, 7) is 1.55. The van der Waals surface area contributed by atoms with Gasteiger partial charge in [-0.2, -0.15) is 0 Å². The number of nitrogens with one attached hydrogen (secondary N) is 2. The van der Waals surface area contributed by atoms with Crippen molar-refractivity contribution in [3.8, 4) is 5.75 Å². The van der Waals surface area contributed by atoms with Crippen LogP contribution >= 0.6 is 0 Å². The van der Waals surface area contributed by atoms with E-state index in [0.29, 0.717) is 35.9 Å². The molecule has 10 heteroatoms. The largest absolute Gasteiger partial charge is 0.506 e. The minimum atomic E-state index is -0.836. The lowest BCUT2D eigenvalue weighted by atomic mass is 9.69. The predicted molar refractivity (Wildman–Crippen MR) is 172 cm³/mol. The summed E-state index contributed by atoms with van der Waals surface area (Å²) >= 11 is 0. The van der Waals surface area contributed by atoms with Gasteiger partial charge in [-0.25, -0.2) is 4.68 Å². The maximum absolute atomic E-state index is 12.3. The van der Waals surface area contributed by atoms with Gasteiger partial charge in [0.15, 0.2) is 0 Å². The number of carboxylic acids is 1.